The van der Waals surface area contributed by atoms with Gasteiger partial charge >= 0.3 is 6.03 Å². The number of imidazole rings is 1. The summed E-state index contributed by atoms with van der Waals surface area (Å²) in [5.41, 5.74) is 2.87. The lowest BCUT2D eigenvalue weighted by Gasteiger charge is -2.37. The highest BCUT2D eigenvalue weighted by molar-refractivity contribution is 6.28. The molecule has 0 aliphatic carbocycles. The third-order valence-electron chi connectivity index (χ3n) is 8.36. The number of ether oxygens (including phenoxy) is 4. The Morgan fingerprint density at radius 3 is 2.55 bits per heavy atom. The molecule has 0 radical (unpaired) electrons. The molecule has 1 aliphatic heterocycles. The first kappa shape index (κ1) is 35.6. The third kappa shape index (κ3) is 8.29. The van der Waals surface area contributed by atoms with E-state index in [-0.39, 0.29) is 35.4 Å². The molecule has 2 aromatic heterocycles. The van der Waals surface area contributed by atoms with Crippen LogP contribution in [0.1, 0.15) is 38.8 Å². The van der Waals surface area contributed by atoms with E-state index in [2.05, 4.69) is 25.2 Å². The molecular formula is C33H41ClN8O7. The number of nitrogens with zero attached hydrogens (tertiary/aromatic N) is 7. The second-order valence-corrected chi connectivity index (χ2v) is 12.5. The Morgan fingerprint density at radius 1 is 1.14 bits per heavy atom. The fourth-order valence-corrected chi connectivity index (χ4v) is 5.92. The van der Waals surface area contributed by atoms with Crippen molar-refractivity contribution in [2.75, 3.05) is 44.2 Å². The number of benzene rings is 2. The Kier molecular flexibility index (Phi) is 11.1. The second-order valence-electron chi connectivity index (χ2n) is 12.2. The van der Waals surface area contributed by atoms with Crippen molar-refractivity contribution in [3.63, 3.8) is 0 Å². The molecule has 262 valence electrons. The summed E-state index contributed by atoms with van der Waals surface area (Å²) < 4.78 is 24.0. The highest BCUT2D eigenvalue weighted by atomic mass is 35.5. The molecule has 0 spiro atoms. The van der Waals surface area contributed by atoms with Gasteiger partial charge in [0.05, 0.1) is 50.1 Å². The van der Waals surface area contributed by atoms with Gasteiger partial charge in [-0.15, -0.1) is 0 Å². The lowest BCUT2D eigenvalue weighted by Crippen LogP contribution is -2.45. The minimum Gasteiger partial charge on any atom is -0.497 e. The predicted octanol–water partition coefficient (Wildman–Crippen LogP) is 5.21. The van der Waals surface area contributed by atoms with Crippen LogP contribution in [0.4, 0.5) is 22.0 Å². The monoisotopic (exact) mass is 696 g/mol. The number of non-ortho nitro benzene ring substituents is 1. The quantitative estimate of drug-likeness (QED) is 0.117. The molecule has 0 bridgehead atoms. The number of nitro benzene ring substituents is 1. The molecule has 1 fully saturated rings. The van der Waals surface area contributed by atoms with Crippen molar-refractivity contribution in [1.29, 1.82) is 0 Å². The number of morpholine rings is 1. The Bertz CT molecular complexity index is 1810. The Hall–Kier alpha value is -4.73. The van der Waals surface area contributed by atoms with Gasteiger partial charge in [-0.05, 0) is 63.1 Å². The second kappa shape index (κ2) is 15.2. The molecule has 0 saturated carbocycles. The zero-order valence-electron chi connectivity index (χ0n) is 28.5. The fraction of sp³-hybridized carbons (Fsp3) is 0.455. The van der Waals surface area contributed by atoms with E-state index >= 15 is 0 Å². The smallest absolute Gasteiger partial charge is 0.328 e. The first-order valence-corrected chi connectivity index (χ1v) is 16.2. The normalized spacial score (nSPS) is 17.4. The van der Waals surface area contributed by atoms with Gasteiger partial charge in [-0.1, -0.05) is 0 Å². The van der Waals surface area contributed by atoms with E-state index in [0.29, 0.717) is 48.0 Å². The number of nitrogens with one attached hydrogen (secondary N) is 1. The van der Waals surface area contributed by atoms with Crippen LogP contribution in [-0.4, -0.2) is 89.2 Å². The average molecular weight is 697 g/mol. The molecule has 3 heterocycles. The number of fused-ring (bicyclic) bond motifs is 1. The van der Waals surface area contributed by atoms with Crippen LogP contribution in [0.5, 0.6) is 11.5 Å². The van der Waals surface area contributed by atoms with Crippen LogP contribution in [-0.2, 0) is 22.6 Å². The van der Waals surface area contributed by atoms with Crippen molar-refractivity contribution in [2.45, 2.75) is 65.2 Å². The SMILES string of the molecule is COc1ccc(CN(C)c2nc(Cl)nc3c2ncn3C(=O)N[C@H](C)[C@@H](C)OCc2cc(N3C[C@H](C)O[C@@H](C)C3)cc([N+](=O)[O-])c2)c(OC)c1. The average Bonchev–Trinajstić information content (AvgIpc) is 3.50. The maximum Gasteiger partial charge on any atom is 0.328 e. The van der Waals surface area contributed by atoms with Crippen molar-refractivity contribution in [1.82, 2.24) is 24.8 Å². The van der Waals surface area contributed by atoms with Gasteiger partial charge in [0.25, 0.3) is 5.69 Å². The van der Waals surface area contributed by atoms with Gasteiger partial charge < -0.3 is 34.1 Å². The molecule has 1 saturated heterocycles. The van der Waals surface area contributed by atoms with Gasteiger partial charge in [0.1, 0.15) is 17.8 Å². The van der Waals surface area contributed by atoms with Crippen LogP contribution in [0.15, 0.2) is 42.7 Å². The lowest BCUT2D eigenvalue weighted by molar-refractivity contribution is -0.384. The van der Waals surface area contributed by atoms with Gasteiger partial charge in [-0.25, -0.2) is 14.3 Å². The van der Waals surface area contributed by atoms with E-state index in [9.17, 15) is 14.9 Å². The van der Waals surface area contributed by atoms with Gasteiger partial charge in [-0.3, -0.25) is 10.1 Å². The number of methoxy groups -OCH3 is 2. The van der Waals surface area contributed by atoms with Crippen LogP contribution in [0.2, 0.25) is 5.28 Å². The van der Waals surface area contributed by atoms with Crippen LogP contribution in [0.25, 0.3) is 11.2 Å². The highest BCUT2D eigenvalue weighted by Gasteiger charge is 2.26. The summed E-state index contributed by atoms with van der Waals surface area (Å²) in [5.74, 6) is 1.74. The van der Waals surface area contributed by atoms with Crippen LogP contribution < -0.4 is 24.6 Å². The summed E-state index contributed by atoms with van der Waals surface area (Å²) in [6, 6.07) is 9.57. The zero-order chi connectivity index (χ0) is 35.4. The Labute approximate surface area is 289 Å². The van der Waals surface area contributed by atoms with Crippen molar-refractivity contribution >= 4 is 46.0 Å². The molecule has 4 atom stereocenters. The zero-order valence-corrected chi connectivity index (χ0v) is 29.3. The standard InChI is InChI=1S/C33H41ClN8O7/c1-19-14-40(15-20(2)49-19)25-10-23(11-26(12-25)42(44)45)17-48-22(4)21(3)36-33(43)41-18-35-29-30(37-32(34)38-31(29)41)39(5)16-24-8-9-27(46-6)13-28(24)47-7/h8-13,18-22H,14-17H2,1-7H3,(H,36,43)/t19-,20-,21+,22+/m0/s1. The number of anilines is 2. The molecule has 1 aliphatic rings. The number of amides is 1. The highest BCUT2D eigenvalue weighted by Crippen LogP contribution is 2.30. The largest absolute Gasteiger partial charge is 0.497 e. The van der Waals surface area contributed by atoms with Gasteiger partial charge in [0, 0.05) is 56.1 Å². The predicted molar refractivity (Wildman–Crippen MR) is 185 cm³/mol. The van der Waals surface area contributed by atoms with Crippen molar-refractivity contribution < 1.29 is 28.7 Å². The van der Waals surface area contributed by atoms with E-state index in [1.807, 2.05) is 50.9 Å². The molecule has 1 N–H and O–H groups in total. The summed E-state index contributed by atoms with van der Waals surface area (Å²) in [5, 5.41) is 14.6. The number of carbonyl (C=O) groups is 1. The molecule has 4 aromatic rings. The Morgan fingerprint density at radius 2 is 1.88 bits per heavy atom. The number of carbonyl (C=O) groups excluding carboxylic acids is 1. The fourth-order valence-electron chi connectivity index (χ4n) is 5.76. The molecule has 0 unspecified atom stereocenters. The van der Waals surface area contributed by atoms with Gasteiger partial charge in [0.2, 0.25) is 5.28 Å². The first-order valence-electron chi connectivity index (χ1n) is 15.8. The summed E-state index contributed by atoms with van der Waals surface area (Å²) in [6.45, 7) is 9.34. The lowest BCUT2D eigenvalue weighted by atomic mass is 10.1. The number of halogens is 1. The molecule has 1 amide bonds. The third-order valence-corrected chi connectivity index (χ3v) is 8.53. The van der Waals surface area contributed by atoms with Crippen LogP contribution in [0.3, 0.4) is 0 Å². The minimum absolute atomic E-state index is 0.00161. The molecule has 16 heteroatoms. The minimum atomic E-state index is -0.487. The maximum absolute atomic E-state index is 13.4. The van der Waals surface area contributed by atoms with E-state index in [4.69, 9.17) is 30.5 Å². The van der Waals surface area contributed by atoms with E-state index in [0.717, 1.165) is 11.3 Å². The van der Waals surface area contributed by atoms with Crippen molar-refractivity contribution in [2.24, 2.45) is 0 Å². The van der Waals surface area contributed by atoms with Gasteiger partial charge in [-0.2, -0.15) is 9.97 Å². The van der Waals surface area contributed by atoms with Crippen LogP contribution in [0, 0.1) is 10.1 Å². The van der Waals surface area contributed by atoms with Crippen molar-refractivity contribution in [3.8, 4) is 11.5 Å². The maximum atomic E-state index is 13.4. The number of hydrogen-bond acceptors (Lipinski definition) is 12. The molecule has 49 heavy (non-hydrogen) atoms. The molecule has 15 nitrogen and oxygen atoms in total. The number of hydrogen-bond donors (Lipinski definition) is 1. The summed E-state index contributed by atoms with van der Waals surface area (Å²) in [7, 11) is 5.00. The van der Waals surface area contributed by atoms with Gasteiger partial charge in [0.15, 0.2) is 17.0 Å². The van der Waals surface area contributed by atoms with E-state index in [1.165, 1.54) is 17.0 Å². The number of rotatable bonds is 12. The first-order chi connectivity index (χ1) is 23.4. The summed E-state index contributed by atoms with van der Waals surface area (Å²) in [6.07, 6.45) is 0.910. The van der Waals surface area contributed by atoms with E-state index < -0.39 is 23.1 Å². The molecular weight excluding hydrogens is 656 g/mol. The summed E-state index contributed by atoms with van der Waals surface area (Å²) >= 11 is 6.33. The number of aromatic nitrogens is 4. The Balaban J connectivity index is 1.27. The number of nitro groups is 1. The topological polar surface area (TPSA) is 159 Å². The molecule has 5 rings (SSSR count). The van der Waals surface area contributed by atoms with Crippen LogP contribution >= 0.6 is 11.6 Å². The van der Waals surface area contributed by atoms with E-state index in [1.54, 1.807) is 33.3 Å². The molecule has 2 aromatic carbocycles. The van der Waals surface area contributed by atoms with Crippen molar-refractivity contribution in [3.05, 3.63) is 69.3 Å². The summed E-state index contributed by atoms with van der Waals surface area (Å²) in [4.78, 5) is 41.9.